The maximum absolute atomic E-state index is 13.4. The molecule has 1 saturated heterocycles. The van der Waals surface area contributed by atoms with E-state index < -0.39 is 9.84 Å². The first-order valence-electron chi connectivity index (χ1n) is 5.18. The lowest BCUT2D eigenvalue weighted by molar-refractivity contribution is 0.573. The Morgan fingerprint density at radius 3 is 2.65 bits per heavy atom. The van der Waals surface area contributed by atoms with Crippen LogP contribution in [0.5, 0.6) is 0 Å². The zero-order chi connectivity index (χ0) is 12.6. The molecule has 2 unspecified atom stereocenters. The Hall–Kier alpha value is 0.0600. The molecule has 6 heteroatoms. The summed E-state index contributed by atoms with van der Waals surface area (Å²) in [4.78, 5) is -0.109. The number of alkyl halides is 1. The van der Waals surface area contributed by atoms with Gasteiger partial charge in [0, 0.05) is 4.83 Å². The highest BCUT2D eigenvalue weighted by atomic mass is 79.9. The van der Waals surface area contributed by atoms with Crippen LogP contribution in [0.15, 0.2) is 22.7 Å². The lowest BCUT2D eigenvalue weighted by Crippen LogP contribution is -2.10. The molecule has 0 bridgehead atoms. The molecule has 1 aromatic carbocycles. The molecule has 2 atom stereocenters. The number of hydrogen-bond donors (Lipinski definition) is 0. The summed E-state index contributed by atoms with van der Waals surface area (Å²) < 4.78 is 36.6. The zero-order valence-electron chi connectivity index (χ0n) is 8.87. The van der Waals surface area contributed by atoms with E-state index in [0.29, 0.717) is 10.9 Å². The largest absolute Gasteiger partial charge is 0.229 e. The molecule has 94 valence electrons. The summed E-state index contributed by atoms with van der Waals surface area (Å²) in [6.45, 7) is 0. The van der Waals surface area contributed by atoms with Crippen LogP contribution in [-0.4, -0.2) is 19.9 Å². The maximum Gasteiger partial charge on any atom is 0.150 e. The fraction of sp³-hybridized carbons (Fsp3) is 0.455. The Morgan fingerprint density at radius 2 is 2.12 bits per heavy atom. The molecule has 0 aliphatic carbocycles. The van der Waals surface area contributed by atoms with E-state index in [2.05, 4.69) is 31.9 Å². The van der Waals surface area contributed by atoms with Gasteiger partial charge in [-0.25, -0.2) is 12.8 Å². The van der Waals surface area contributed by atoms with Crippen molar-refractivity contribution in [3.05, 3.63) is 34.1 Å². The number of halogens is 3. The van der Waals surface area contributed by atoms with Crippen molar-refractivity contribution in [3.8, 4) is 0 Å². The first kappa shape index (κ1) is 13.5. The van der Waals surface area contributed by atoms with Crippen molar-refractivity contribution in [2.45, 2.75) is 11.2 Å². The Kier molecular flexibility index (Phi) is 3.95. The van der Waals surface area contributed by atoms with Gasteiger partial charge in [0.25, 0.3) is 0 Å². The fourth-order valence-corrected chi connectivity index (χ4v) is 5.08. The molecule has 0 saturated carbocycles. The Morgan fingerprint density at radius 1 is 1.41 bits per heavy atom. The van der Waals surface area contributed by atoms with E-state index in [1.54, 1.807) is 12.1 Å². The van der Waals surface area contributed by atoms with E-state index in [0.717, 1.165) is 5.56 Å². The van der Waals surface area contributed by atoms with Crippen LogP contribution in [-0.2, 0) is 9.84 Å². The van der Waals surface area contributed by atoms with Crippen LogP contribution in [0.2, 0.25) is 0 Å². The third-order valence-electron chi connectivity index (χ3n) is 2.94. The quantitative estimate of drug-likeness (QED) is 0.730. The average molecular weight is 386 g/mol. The van der Waals surface area contributed by atoms with Crippen LogP contribution in [0.25, 0.3) is 0 Å². The topological polar surface area (TPSA) is 34.1 Å². The standard InChI is InChI=1S/C11H11Br2FO2S/c12-9-2-1-7(5-10(9)14)11(13)8-3-4-17(15,16)6-8/h1-2,5,8,11H,3-4,6H2. The highest BCUT2D eigenvalue weighted by molar-refractivity contribution is 9.10. The van der Waals surface area contributed by atoms with Crippen LogP contribution < -0.4 is 0 Å². The fourth-order valence-electron chi connectivity index (χ4n) is 2.01. The molecule has 1 aliphatic heterocycles. The van der Waals surface area contributed by atoms with Gasteiger partial charge in [0.2, 0.25) is 0 Å². The highest BCUT2D eigenvalue weighted by Crippen LogP contribution is 2.38. The van der Waals surface area contributed by atoms with E-state index >= 15 is 0 Å². The monoisotopic (exact) mass is 384 g/mol. The van der Waals surface area contributed by atoms with Gasteiger partial charge in [-0.05, 0) is 46.0 Å². The van der Waals surface area contributed by atoms with Gasteiger partial charge in [-0.3, -0.25) is 0 Å². The number of hydrogen-bond acceptors (Lipinski definition) is 2. The summed E-state index contributed by atoms with van der Waals surface area (Å²) >= 11 is 6.57. The molecule has 0 spiro atoms. The molecule has 0 N–H and O–H groups in total. The summed E-state index contributed by atoms with van der Waals surface area (Å²) in [5.41, 5.74) is 0.785. The average Bonchev–Trinajstić information content (AvgIpc) is 2.62. The van der Waals surface area contributed by atoms with Crippen LogP contribution >= 0.6 is 31.9 Å². The van der Waals surface area contributed by atoms with Gasteiger partial charge >= 0.3 is 0 Å². The summed E-state index contributed by atoms with van der Waals surface area (Å²) in [5.74, 6) is 0.118. The molecular weight excluding hydrogens is 375 g/mol. The second-order valence-electron chi connectivity index (χ2n) is 4.24. The summed E-state index contributed by atoms with van der Waals surface area (Å²) in [5, 5.41) is 0. The van der Waals surface area contributed by atoms with E-state index in [9.17, 15) is 12.8 Å². The Balaban J connectivity index is 2.20. The molecule has 1 fully saturated rings. The third kappa shape index (κ3) is 3.09. The molecule has 17 heavy (non-hydrogen) atoms. The van der Waals surface area contributed by atoms with Gasteiger partial charge in [-0.15, -0.1) is 0 Å². The smallest absolute Gasteiger partial charge is 0.150 e. The van der Waals surface area contributed by atoms with Gasteiger partial charge in [0.1, 0.15) is 5.82 Å². The first-order chi connectivity index (χ1) is 7.89. The van der Waals surface area contributed by atoms with Gasteiger partial charge in [-0.2, -0.15) is 0 Å². The predicted molar refractivity (Wildman–Crippen MR) is 72.5 cm³/mol. The van der Waals surface area contributed by atoms with Crippen molar-refractivity contribution >= 4 is 41.7 Å². The molecule has 0 aromatic heterocycles. The molecule has 0 radical (unpaired) electrons. The summed E-state index contributed by atoms with van der Waals surface area (Å²) in [6, 6.07) is 4.88. The van der Waals surface area contributed by atoms with Crippen molar-refractivity contribution in [2.75, 3.05) is 11.5 Å². The summed E-state index contributed by atoms with van der Waals surface area (Å²) in [6.07, 6.45) is 0.635. The van der Waals surface area contributed by atoms with Crippen LogP contribution in [0.3, 0.4) is 0 Å². The van der Waals surface area contributed by atoms with E-state index in [1.165, 1.54) is 6.07 Å². The third-order valence-corrected chi connectivity index (χ3v) is 6.66. The molecular formula is C11H11Br2FO2S. The normalized spacial score (nSPS) is 24.8. The van der Waals surface area contributed by atoms with Crippen molar-refractivity contribution < 1.29 is 12.8 Å². The minimum Gasteiger partial charge on any atom is -0.229 e. The SMILES string of the molecule is O=S1(=O)CCC(C(Br)c2ccc(Br)c(F)c2)C1. The van der Waals surface area contributed by atoms with E-state index in [1.807, 2.05) is 0 Å². The van der Waals surface area contributed by atoms with Gasteiger partial charge in [0.05, 0.1) is 16.0 Å². The van der Waals surface area contributed by atoms with Crippen molar-refractivity contribution in [1.29, 1.82) is 0 Å². The minimum atomic E-state index is -2.90. The number of rotatable bonds is 2. The number of benzene rings is 1. The number of sulfone groups is 1. The second-order valence-corrected chi connectivity index (χ2v) is 8.31. The minimum absolute atomic E-state index is 0.0283. The molecule has 2 rings (SSSR count). The van der Waals surface area contributed by atoms with Crippen LogP contribution in [0, 0.1) is 11.7 Å². The lowest BCUT2D eigenvalue weighted by atomic mass is 9.99. The second kappa shape index (κ2) is 4.97. The lowest BCUT2D eigenvalue weighted by Gasteiger charge is -2.16. The molecule has 0 amide bonds. The highest BCUT2D eigenvalue weighted by Gasteiger charge is 2.33. The van der Waals surface area contributed by atoms with E-state index in [-0.39, 0.29) is 28.1 Å². The molecule has 1 aromatic rings. The molecule has 1 aliphatic rings. The van der Waals surface area contributed by atoms with Crippen molar-refractivity contribution in [3.63, 3.8) is 0 Å². The van der Waals surface area contributed by atoms with Crippen LogP contribution in [0.1, 0.15) is 16.8 Å². The summed E-state index contributed by atoms with van der Waals surface area (Å²) in [7, 11) is -2.90. The van der Waals surface area contributed by atoms with Gasteiger partial charge in [0.15, 0.2) is 9.84 Å². The molecule has 1 heterocycles. The van der Waals surface area contributed by atoms with Crippen molar-refractivity contribution in [2.24, 2.45) is 5.92 Å². The van der Waals surface area contributed by atoms with E-state index in [4.69, 9.17) is 0 Å². The van der Waals surface area contributed by atoms with Crippen LogP contribution in [0.4, 0.5) is 4.39 Å². The van der Waals surface area contributed by atoms with Gasteiger partial charge in [-0.1, -0.05) is 22.0 Å². The Labute approximate surface area is 117 Å². The molecule has 2 nitrogen and oxygen atoms in total. The van der Waals surface area contributed by atoms with Crippen molar-refractivity contribution in [1.82, 2.24) is 0 Å². The maximum atomic E-state index is 13.4. The first-order valence-corrected chi connectivity index (χ1v) is 8.71. The Bertz CT molecular complexity index is 530. The predicted octanol–water partition coefficient (Wildman–Crippen LogP) is 3.46. The van der Waals surface area contributed by atoms with Gasteiger partial charge < -0.3 is 0 Å². The zero-order valence-corrected chi connectivity index (χ0v) is 12.9.